The molecule has 0 saturated carbocycles. The molecule has 0 heterocycles. The zero-order valence-electron chi connectivity index (χ0n) is 15.1. The van der Waals surface area contributed by atoms with Gasteiger partial charge >= 0.3 is 0 Å². The normalized spacial score (nSPS) is 10.8. The third-order valence-electron chi connectivity index (χ3n) is 4.37. The van der Waals surface area contributed by atoms with Crippen LogP contribution in [0.15, 0.2) is 48.5 Å². The number of hydrogen-bond donors (Lipinski definition) is 1. The van der Waals surface area contributed by atoms with Gasteiger partial charge in [0, 0.05) is 13.0 Å². The summed E-state index contributed by atoms with van der Waals surface area (Å²) in [5.41, 5.74) is 5.20. The van der Waals surface area contributed by atoms with Gasteiger partial charge in [0.1, 0.15) is 0 Å². The van der Waals surface area contributed by atoms with Gasteiger partial charge in [-0.05, 0) is 48.8 Å². The van der Waals surface area contributed by atoms with E-state index in [0.29, 0.717) is 12.3 Å². The zero-order valence-corrected chi connectivity index (χ0v) is 15.1. The molecular formula is C22H29NO. The van der Waals surface area contributed by atoms with E-state index in [1.165, 1.54) is 22.3 Å². The van der Waals surface area contributed by atoms with Gasteiger partial charge < -0.3 is 5.32 Å². The Morgan fingerprint density at radius 2 is 1.50 bits per heavy atom. The Labute approximate surface area is 146 Å². The van der Waals surface area contributed by atoms with Crippen molar-refractivity contribution in [2.24, 2.45) is 0 Å². The first-order valence-electron chi connectivity index (χ1n) is 8.95. The molecule has 0 aliphatic rings. The molecule has 0 aliphatic carbocycles. The molecular weight excluding hydrogens is 294 g/mol. The summed E-state index contributed by atoms with van der Waals surface area (Å²) in [6, 6.07) is 17.2. The van der Waals surface area contributed by atoms with Crippen LogP contribution >= 0.6 is 0 Å². The quantitative estimate of drug-likeness (QED) is 0.695. The standard InChI is InChI=1S/C22H29NO/c1-17(2)21-13-10-19(11-14-21)5-4-16-23-22(24)15-12-20-8-6-18(3)7-9-20/h6-11,13-14,17H,4-5,12,15-16H2,1-3H3,(H,23,24). The minimum atomic E-state index is 0.144. The largest absolute Gasteiger partial charge is 0.356 e. The maximum atomic E-state index is 11.9. The molecule has 1 amide bonds. The summed E-state index contributed by atoms with van der Waals surface area (Å²) >= 11 is 0. The summed E-state index contributed by atoms with van der Waals surface area (Å²) in [5.74, 6) is 0.720. The highest BCUT2D eigenvalue weighted by molar-refractivity contribution is 5.76. The maximum absolute atomic E-state index is 11.9. The Balaban J connectivity index is 1.63. The minimum absolute atomic E-state index is 0.144. The van der Waals surface area contributed by atoms with Crippen LogP contribution in [0.25, 0.3) is 0 Å². The van der Waals surface area contributed by atoms with Crippen molar-refractivity contribution < 1.29 is 4.79 Å². The number of carbonyl (C=O) groups excluding carboxylic acids is 1. The maximum Gasteiger partial charge on any atom is 0.220 e. The summed E-state index contributed by atoms with van der Waals surface area (Å²) in [5, 5.41) is 3.03. The van der Waals surface area contributed by atoms with E-state index < -0.39 is 0 Å². The third-order valence-corrected chi connectivity index (χ3v) is 4.37. The Bertz CT molecular complexity index is 626. The minimum Gasteiger partial charge on any atom is -0.356 e. The van der Waals surface area contributed by atoms with Crippen molar-refractivity contribution in [3.8, 4) is 0 Å². The van der Waals surface area contributed by atoms with E-state index in [9.17, 15) is 4.79 Å². The monoisotopic (exact) mass is 323 g/mol. The van der Waals surface area contributed by atoms with E-state index in [1.807, 2.05) is 0 Å². The molecule has 2 rings (SSSR count). The average molecular weight is 323 g/mol. The first-order chi connectivity index (χ1) is 11.5. The van der Waals surface area contributed by atoms with Gasteiger partial charge in [-0.15, -0.1) is 0 Å². The summed E-state index contributed by atoms with van der Waals surface area (Å²) in [4.78, 5) is 11.9. The van der Waals surface area contributed by atoms with Crippen LogP contribution in [0.2, 0.25) is 0 Å². The molecule has 0 fully saturated rings. The second-order valence-electron chi connectivity index (χ2n) is 6.84. The molecule has 24 heavy (non-hydrogen) atoms. The van der Waals surface area contributed by atoms with E-state index in [1.54, 1.807) is 0 Å². The molecule has 1 N–H and O–H groups in total. The SMILES string of the molecule is Cc1ccc(CCC(=O)NCCCc2ccc(C(C)C)cc2)cc1. The number of hydrogen-bond acceptors (Lipinski definition) is 1. The summed E-state index contributed by atoms with van der Waals surface area (Å²) < 4.78 is 0. The fourth-order valence-corrected chi connectivity index (χ4v) is 2.69. The molecule has 0 aromatic heterocycles. The Hall–Kier alpha value is -2.09. The van der Waals surface area contributed by atoms with Crippen LogP contribution in [0.5, 0.6) is 0 Å². The van der Waals surface area contributed by atoms with Crippen LogP contribution in [0.4, 0.5) is 0 Å². The average Bonchev–Trinajstić information content (AvgIpc) is 2.58. The molecule has 0 radical (unpaired) electrons. The van der Waals surface area contributed by atoms with E-state index in [4.69, 9.17) is 0 Å². The van der Waals surface area contributed by atoms with Crippen molar-refractivity contribution >= 4 is 5.91 Å². The molecule has 0 aliphatic heterocycles. The molecule has 2 heteroatoms. The van der Waals surface area contributed by atoms with Crippen molar-refractivity contribution in [1.29, 1.82) is 0 Å². The van der Waals surface area contributed by atoms with E-state index >= 15 is 0 Å². The van der Waals surface area contributed by atoms with Crippen LogP contribution in [-0.4, -0.2) is 12.5 Å². The lowest BCUT2D eigenvalue weighted by molar-refractivity contribution is -0.121. The second-order valence-corrected chi connectivity index (χ2v) is 6.84. The first-order valence-corrected chi connectivity index (χ1v) is 8.95. The predicted molar refractivity (Wildman–Crippen MR) is 101 cm³/mol. The number of aryl methyl sites for hydroxylation is 3. The van der Waals surface area contributed by atoms with Crippen LogP contribution in [0, 0.1) is 6.92 Å². The molecule has 0 atom stereocenters. The highest BCUT2D eigenvalue weighted by Crippen LogP contribution is 2.15. The van der Waals surface area contributed by atoms with Crippen molar-refractivity contribution in [3.63, 3.8) is 0 Å². The van der Waals surface area contributed by atoms with Gasteiger partial charge in [-0.25, -0.2) is 0 Å². The van der Waals surface area contributed by atoms with Crippen LogP contribution < -0.4 is 5.32 Å². The van der Waals surface area contributed by atoms with Gasteiger partial charge in [-0.2, -0.15) is 0 Å². The fraction of sp³-hybridized carbons (Fsp3) is 0.409. The predicted octanol–water partition coefficient (Wildman–Crippen LogP) is 4.80. The van der Waals surface area contributed by atoms with Crippen LogP contribution in [0.1, 0.15) is 54.9 Å². The first kappa shape index (κ1) is 18.3. The van der Waals surface area contributed by atoms with Crippen molar-refractivity contribution in [3.05, 3.63) is 70.8 Å². The van der Waals surface area contributed by atoms with E-state index in [2.05, 4.69) is 74.6 Å². The third kappa shape index (κ3) is 6.19. The topological polar surface area (TPSA) is 29.1 Å². The molecule has 0 bridgehead atoms. The lowest BCUT2D eigenvalue weighted by atomic mass is 10.0. The van der Waals surface area contributed by atoms with Crippen molar-refractivity contribution in [1.82, 2.24) is 5.32 Å². The number of carbonyl (C=O) groups is 1. The van der Waals surface area contributed by atoms with Gasteiger partial charge in [0.25, 0.3) is 0 Å². The molecule has 128 valence electrons. The highest BCUT2D eigenvalue weighted by atomic mass is 16.1. The smallest absolute Gasteiger partial charge is 0.220 e. The van der Waals surface area contributed by atoms with E-state index in [0.717, 1.165) is 25.8 Å². The molecule has 0 saturated heterocycles. The van der Waals surface area contributed by atoms with E-state index in [-0.39, 0.29) is 5.91 Å². The van der Waals surface area contributed by atoms with Crippen LogP contribution in [0.3, 0.4) is 0 Å². The molecule has 0 spiro atoms. The Morgan fingerprint density at radius 3 is 2.12 bits per heavy atom. The highest BCUT2D eigenvalue weighted by Gasteiger charge is 2.03. The number of nitrogens with one attached hydrogen (secondary N) is 1. The van der Waals surface area contributed by atoms with Gasteiger partial charge in [0.15, 0.2) is 0 Å². The Kier molecular flexibility index (Phi) is 7.05. The summed E-state index contributed by atoms with van der Waals surface area (Å²) in [6.07, 6.45) is 3.36. The number of amides is 1. The lowest BCUT2D eigenvalue weighted by Crippen LogP contribution is -2.24. The van der Waals surface area contributed by atoms with Crippen molar-refractivity contribution in [2.45, 2.75) is 52.4 Å². The second kappa shape index (κ2) is 9.27. The number of rotatable bonds is 8. The molecule has 0 unspecified atom stereocenters. The van der Waals surface area contributed by atoms with Gasteiger partial charge in [0.05, 0.1) is 0 Å². The molecule has 2 aromatic rings. The zero-order chi connectivity index (χ0) is 17.4. The molecule has 2 nitrogen and oxygen atoms in total. The fourth-order valence-electron chi connectivity index (χ4n) is 2.69. The molecule has 2 aromatic carbocycles. The van der Waals surface area contributed by atoms with Gasteiger partial charge in [-0.3, -0.25) is 4.79 Å². The summed E-state index contributed by atoms with van der Waals surface area (Å²) in [7, 11) is 0. The summed E-state index contributed by atoms with van der Waals surface area (Å²) in [6.45, 7) is 7.24. The van der Waals surface area contributed by atoms with Crippen molar-refractivity contribution in [2.75, 3.05) is 6.54 Å². The van der Waals surface area contributed by atoms with Crippen LogP contribution in [-0.2, 0) is 17.6 Å². The number of benzene rings is 2. The van der Waals surface area contributed by atoms with Gasteiger partial charge in [0.2, 0.25) is 5.91 Å². The van der Waals surface area contributed by atoms with Gasteiger partial charge in [-0.1, -0.05) is 67.9 Å². The Morgan fingerprint density at radius 1 is 0.917 bits per heavy atom. The lowest BCUT2D eigenvalue weighted by Gasteiger charge is -2.08.